The first kappa shape index (κ1) is 26.6. The highest BCUT2D eigenvalue weighted by Crippen LogP contribution is 2.65. The van der Waals surface area contributed by atoms with Crippen molar-refractivity contribution in [2.24, 2.45) is 17.8 Å². The predicted molar refractivity (Wildman–Crippen MR) is 136 cm³/mol. The third kappa shape index (κ3) is 4.13. The zero-order chi connectivity index (χ0) is 26.3. The molecule has 3 aliphatic rings. The van der Waals surface area contributed by atoms with Gasteiger partial charge in [-0.1, -0.05) is 37.4 Å². The van der Waals surface area contributed by atoms with Crippen LogP contribution in [0.4, 0.5) is 5.69 Å². The number of hydrogen-bond donors (Lipinski definition) is 2. The predicted octanol–water partition coefficient (Wildman–Crippen LogP) is 3.51. The topological polar surface area (TPSA) is 107 Å². The van der Waals surface area contributed by atoms with Gasteiger partial charge in [0, 0.05) is 30.4 Å². The minimum atomic E-state index is -1.21. The van der Waals surface area contributed by atoms with Crippen molar-refractivity contribution in [3.05, 3.63) is 41.9 Å². The van der Waals surface area contributed by atoms with Crippen molar-refractivity contribution in [2.75, 3.05) is 24.6 Å². The first-order chi connectivity index (χ1) is 17.1. The molecule has 8 nitrogen and oxygen atoms in total. The molecule has 196 valence electrons. The molecule has 1 spiro atoms. The lowest BCUT2D eigenvalue weighted by atomic mass is 9.62. The van der Waals surface area contributed by atoms with Gasteiger partial charge in [0.1, 0.15) is 17.6 Å². The molecule has 2 amide bonds. The van der Waals surface area contributed by atoms with Gasteiger partial charge in [0.15, 0.2) is 0 Å². The summed E-state index contributed by atoms with van der Waals surface area (Å²) in [5.74, 6) is -3.78. The molecule has 0 saturated carbocycles. The highest BCUT2D eigenvalue weighted by molar-refractivity contribution is 6.30. The number of aliphatic hydroxyl groups excluding tert-OH is 1. The van der Waals surface area contributed by atoms with Crippen molar-refractivity contribution < 1.29 is 29.3 Å². The second-order valence-corrected chi connectivity index (χ2v) is 10.9. The lowest BCUT2D eigenvalue weighted by Crippen LogP contribution is -2.56. The van der Waals surface area contributed by atoms with Crippen LogP contribution in [0.2, 0.25) is 5.02 Å². The summed E-state index contributed by atoms with van der Waals surface area (Å²) in [7, 11) is 0. The number of amides is 2. The Kier molecular flexibility index (Phi) is 7.51. The van der Waals surface area contributed by atoms with Gasteiger partial charge in [-0.05, 0) is 56.4 Å². The first-order valence-electron chi connectivity index (χ1n) is 12.6. The number of aliphatic carboxylic acids is 1. The molecule has 1 aromatic carbocycles. The number of anilines is 1. The van der Waals surface area contributed by atoms with Crippen LogP contribution in [0.25, 0.3) is 0 Å². The van der Waals surface area contributed by atoms with Crippen molar-refractivity contribution in [1.29, 1.82) is 0 Å². The van der Waals surface area contributed by atoms with Crippen LogP contribution in [0.3, 0.4) is 0 Å². The molecule has 0 aliphatic carbocycles. The Morgan fingerprint density at radius 3 is 2.53 bits per heavy atom. The molecule has 4 rings (SSSR count). The minimum Gasteiger partial charge on any atom is -0.481 e. The number of ether oxygens (including phenoxy) is 1. The van der Waals surface area contributed by atoms with Gasteiger partial charge in [-0.2, -0.15) is 0 Å². The first-order valence-corrected chi connectivity index (χ1v) is 13.0. The highest BCUT2D eigenvalue weighted by Gasteiger charge is 2.80. The van der Waals surface area contributed by atoms with Crippen molar-refractivity contribution in [3.63, 3.8) is 0 Å². The summed E-state index contributed by atoms with van der Waals surface area (Å²) in [6.45, 7) is 8.15. The number of likely N-dealkylation sites (tertiary alicyclic amines) is 1. The van der Waals surface area contributed by atoms with Gasteiger partial charge in [-0.3, -0.25) is 14.4 Å². The molecule has 3 fully saturated rings. The number of rotatable bonds is 11. The van der Waals surface area contributed by atoms with Gasteiger partial charge < -0.3 is 24.7 Å². The smallest absolute Gasteiger partial charge is 0.310 e. The molecule has 3 saturated heterocycles. The Bertz CT molecular complexity index is 1030. The summed E-state index contributed by atoms with van der Waals surface area (Å²) in [6, 6.07) is 5.93. The van der Waals surface area contributed by atoms with E-state index in [0.29, 0.717) is 36.5 Å². The van der Waals surface area contributed by atoms with Crippen molar-refractivity contribution in [2.45, 2.75) is 63.2 Å². The summed E-state index contributed by atoms with van der Waals surface area (Å²) in [6.07, 6.45) is 4.96. The fourth-order valence-corrected chi connectivity index (χ4v) is 6.73. The van der Waals surface area contributed by atoms with Crippen LogP contribution in [0.1, 0.15) is 46.0 Å². The summed E-state index contributed by atoms with van der Waals surface area (Å²) in [5.41, 5.74) is -1.62. The van der Waals surface area contributed by atoms with E-state index in [1.807, 2.05) is 6.92 Å². The third-order valence-corrected chi connectivity index (χ3v) is 8.59. The lowest BCUT2D eigenvalue weighted by molar-refractivity contribution is -0.156. The number of aliphatic hydroxyl groups is 1. The van der Waals surface area contributed by atoms with E-state index in [1.54, 1.807) is 47.1 Å². The van der Waals surface area contributed by atoms with E-state index < -0.39 is 35.0 Å². The molecular formula is C27H35ClN2O6. The van der Waals surface area contributed by atoms with E-state index in [-0.39, 0.29) is 30.9 Å². The van der Waals surface area contributed by atoms with E-state index in [9.17, 15) is 19.5 Å². The number of carboxylic acids is 1. The average Bonchev–Trinajstić information content (AvgIpc) is 3.34. The number of carboxylic acid groups (broad SMARTS) is 1. The number of carbonyl (C=O) groups excluding carboxylic acids is 2. The monoisotopic (exact) mass is 518 g/mol. The molecule has 1 aromatic rings. The fraction of sp³-hybridized carbons (Fsp3) is 0.593. The van der Waals surface area contributed by atoms with E-state index >= 15 is 0 Å². The highest BCUT2D eigenvalue weighted by atomic mass is 35.5. The minimum absolute atomic E-state index is 0.108. The molecule has 3 aliphatic heterocycles. The van der Waals surface area contributed by atoms with E-state index in [4.69, 9.17) is 21.4 Å². The van der Waals surface area contributed by atoms with Crippen molar-refractivity contribution >= 4 is 35.1 Å². The molecule has 3 unspecified atom stereocenters. The Morgan fingerprint density at radius 1 is 1.25 bits per heavy atom. The lowest BCUT2D eigenvalue weighted by Gasteiger charge is -2.37. The number of halogens is 1. The van der Waals surface area contributed by atoms with Gasteiger partial charge in [0.2, 0.25) is 5.91 Å². The van der Waals surface area contributed by atoms with Crippen LogP contribution in [-0.4, -0.2) is 69.8 Å². The normalized spacial score (nSPS) is 32.6. The van der Waals surface area contributed by atoms with Gasteiger partial charge >= 0.3 is 5.97 Å². The molecule has 6 atom stereocenters. The number of carbonyl (C=O) groups is 3. The number of benzene rings is 1. The Labute approximate surface area is 216 Å². The molecule has 3 heterocycles. The Hall–Kier alpha value is -2.42. The molecular weight excluding hydrogens is 484 g/mol. The summed E-state index contributed by atoms with van der Waals surface area (Å²) in [5, 5.41) is 19.8. The molecule has 36 heavy (non-hydrogen) atoms. The van der Waals surface area contributed by atoms with Crippen LogP contribution in [-0.2, 0) is 19.1 Å². The molecule has 9 heteroatoms. The molecule has 2 N–H and O–H groups in total. The Balaban J connectivity index is 1.75. The largest absolute Gasteiger partial charge is 0.481 e. The maximum atomic E-state index is 14.3. The van der Waals surface area contributed by atoms with Gasteiger partial charge in [0.05, 0.1) is 11.5 Å². The van der Waals surface area contributed by atoms with Crippen LogP contribution >= 0.6 is 11.6 Å². The third-order valence-electron chi connectivity index (χ3n) is 8.34. The second-order valence-electron chi connectivity index (χ2n) is 10.4. The number of unbranched alkanes of at least 4 members (excludes halogenated alkanes) is 3. The maximum Gasteiger partial charge on any atom is 0.310 e. The fourth-order valence-electron chi connectivity index (χ4n) is 6.60. The van der Waals surface area contributed by atoms with Gasteiger partial charge in [0.25, 0.3) is 5.91 Å². The second kappa shape index (κ2) is 10.1. The van der Waals surface area contributed by atoms with Gasteiger partial charge in [-0.25, -0.2) is 0 Å². The molecule has 0 aromatic heterocycles. The zero-order valence-electron chi connectivity index (χ0n) is 20.9. The molecule has 2 bridgehead atoms. The summed E-state index contributed by atoms with van der Waals surface area (Å²) < 4.78 is 6.55. The molecule has 0 radical (unpaired) electrons. The van der Waals surface area contributed by atoms with E-state index in [2.05, 4.69) is 6.58 Å². The van der Waals surface area contributed by atoms with E-state index in [0.717, 1.165) is 12.8 Å². The maximum absolute atomic E-state index is 14.3. The van der Waals surface area contributed by atoms with Gasteiger partial charge in [-0.15, -0.1) is 6.58 Å². The number of fused-ring (bicyclic) bond motifs is 1. The summed E-state index contributed by atoms with van der Waals surface area (Å²) >= 11 is 6.07. The average molecular weight is 519 g/mol. The van der Waals surface area contributed by atoms with Crippen molar-refractivity contribution in [3.8, 4) is 0 Å². The van der Waals surface area contributed by atoms with Crippen LogP contribution in [0.15, 0.2) is 36.9 Å². The quantitative estimate of drug-likeness (QED) is 0.343. The number of hydrogen-bond acceptors (Lipinski definition) is 5. The Morgan fingerprint density at radius 2 is 1.92 bits per heavy atom. The van der Waals surface area contributed by atoms with Crippen molar-refractivity contribution in [1.82, 2.24) is 4.90 Å². The standard InChI is InChI=1S/C27H35ClN2O6/c1-4-13-29(19-11-9-18(28)10-12-19)24(33)22-27-16-17(2)26(3,36-27)21(25(34)35)20(27)23(32)30(22)14-7-5-6-8-15-31/h4,9-12,17,20-22,31H,1,5-8,13-16H2,2-3H3,(H,34,35)/t17?,20-,21+,22?,26-,27?/m0/s1. The van der Waals surface area contributed by atoms with Crippen LogP contribution < -0.4 is 4.90 Å². The van der Waals surface area contributed by atoms with E-state index in [1.165, 1.54) is 0 Å². The SMILES string of the molecule is C=CCN(C(=O)C1N(CCCCCCO)C(=O)[C@@H]2[C@H](C(=O)O)[C@@]3(C)OC12CC3C)c1ccc(Cl)cc1. The zero-order valence-corrected chi connectivity index (χ0v) is 21.6. The number of nitrogens with zero attached hydrogens (tertiary/aromatic N) is 2. The van der Waals surface area contributed by atoms with Crippen LogP contribution in [0, 0.1) is 17.8 Å². The summed E-state index contributed by atoms with van der Waals surface area (Å²) in [4.78, 5) is 43.7. The van der Waals surface area contributed by atoms with Crippen LogP contribution in [0.5, 0.6) is 0 Å².